The molecule has 0 spiro atoms. The maximum absolute atomic E-state index is 11.9. The van der Waals surface area contributed by atoms with Crippen molar-refractivity contribution < 1.29 is 14.3 Å². The Morgan fingerprint density at radius 1 is 0.862 bits per heavy atom. The molecule has 1 saturated carbocycles. The zero-order chi connectivity index (χ0) is 20.1. The van der Waals surface area contributed by atoms with Crippen molar-refractivity contribution >= 4 is 16.9 Å². The molecule has 0 unspecified atom stereocenters. The minimum Gasteiger partial charge on any atom is -0.482 e. The van der Waals surface area contributed by atoms with Crippen molar-refractivity contribution in [3.8, 4) is 18.1 Å². The molecule has 4 heteroatoms. The molecule has 1 fully saturated rings. The number of hydrogen-bond donors (Lipinski definition) is 0. The summed E-state index contributed by atoms with van der Waals surface area (Å²) in [4.78, 5) is 15.6. The lowest BCUT2D eigenvalue weighted by Crippen LogP contribution is -2.22. The number of esters is 1. The van der Waals surface area contributed by atoms with Crippen LogP contribution in [-0.2, 0) is 20.4 Å². The molecule has 144 valence electrons. The molecule has 0 amide bonds. The average Bonchev–Trinajstić information content (AvgIpc) is 3.55. The molecule has 3 aromatic carbocycles. The van der Waals surface area contributed by atoms with E-state index in [0.29, 0.717) is 5.75 Å². The molecular formula is C25H21O3S+. The van der Waals surface area contributed by atoms with Gasteiger partial charge < -0.3 is 9.47 Å². The molecule has 0 atom stereocenters. The minimum atomic E-state index is -0.690. The van der Waals surface area contributed by atoms with Gasteiger partial charge in [0.05, 0.1) is 10.9 Å². The zero-order valence-electron chi connectivity index (χ0n) is 15.9. The number of rotatable bonds is 7. The lowest BCUT2D eigenvalue weighted by atomic mass is 10.3. The van der Waals surface area contributed by atoms with Crippen molar-refractivity contribution in [3.05, 3.63) is 84.9 Å². The van der Waals surface area contributed by atoms with Gasteiger partial charge in [-0.1, -0.05) is 42.3 Å². The van der Waals surface area contributed by atoms with Gasteiger partial charge in [0.1, 0.15) is 5.75 Å². The van der Waals surface area contributed by atoms with Crippen molar-refractivity contribution in [2.75, 3.05) is 6.61 Å². The second-order valence-corrected chi connectivity index (χ2v) is 8.83. The van der Waals surface area contributed by atoms with Crippen LogP contribution in [0.3, 0.4) is 0 Å². The number of carbonyl (C=O) groups is 1. The molecule has 29 heavy (non-hydrogen) atoms. The molecule has 0 bridgehead atoms. The van der Waals surface area contributed by atoms with Crippen molar-refractivity contribution in [1.82, 2.24) is 0 Å². The SMILES string of the molecule is C#CC1(OC(=O)COc2ccc([S+](c3ccccc3)c3ccccc3)cc2)CC1. The molecule has 0 aromatic heterocycles. The van der Waals surface area contributed by atoms with E-state index < -0.39 is 11.6 Å². The second kappa shape index (κ2) is 8.46. The van der Waals surface area contributed by atoms with Gasteiger partial charge in [-0.15, -0.1) is 6.42 Å². The van der Waals surface area contributed by atoms with Gasteiger partial charge in [0.2, 0.25) is 0 Å². The summed E-state index contributed by atoms with van der Waals surface area (Å²) in [6.07, 6.45) is 6.85. The lowest BCUT2D eigenvalue weighted by molar-refractivity contribution is -0.150. The number of benzene rings is 3. The molecule has 0 N–H and O–H groups in total. The van der Waals surface area contributed by atoms with E-state index in [1.165, 1.54) is 14.7 Å². The number of hydrogen-bond acceptors (Lipinski definition) is 3. The molecule has 0 heterocycles. The Labute approximate surface area is 174 Å². The average molecular weight is 402 g/mol. The Morgan fingerprint density at radius 3 is 1.86 bits per heavy atom. The van der Waals surface area contributed by atoms with Crippen LogP contribution in [-0.4, -0.2) is 18.2 Å². The summed E-state index contributed by atoms with van der Waals surface area (Å²) in [7, 11) is -0.211. The van der Waals surface area contributed by atoms with Crippen LogP contribution in [0.4, 0.5) is 0 Å². The third kappa shape index (κ3) is 4.64. The first kappa shape index (κ1) is 19.2. The standard InChI is InChI=1S/C25H21O3S/c1-2-25(17-18-25)28-24(26)19-27-20-13-15-23(16-14-20)29(21-9-5-3-6-10-21)22-11-7-4-8-12-22/h1,3-16H,17-19H2/q+1. The van der Waals surface area contributed by atoms with Crippen LogP contribution in [0.15, 0.2) is 99.6 Å². The molecule has 3 aromatic rings. The molecule has 1 aliphatic rings. The molecular weight excluding hydrogens is 380 g/mol. The van der Waals surface area contributed by atoms with E-state index in [1.54, 1.807) is 0 Å². The zero-order valence-corrected chi connectivity index (χ0v) is 16.7. The van der Waals surface area contributed by atoms with E-state index in [-0.39, 0.29) is 17.5 Å². The summed E-state index contributed by atoms with van der Waals surface area (Å²) in [5.74, 6) is 2.73. The molecule has 0 radical (unpaired) electrons. The van der Waals surface area contributed by atoms with Crippen LogP contribution in [0, 0.1) is 12.3 Å². The van der Waals surface area contributed by atoms with E-state index in [2.05, 4.69) is 54.5 Å². The maximum atomic E-state index is 11.9. The Morgan fingerprint density at radius 2 is 1.38 bits per heavy atom. The van der Waals surface area contributed by atoms with Crippen molar-refractivity contribution in [2.24, 2.45) is 0 Å². The van der Waals surface area contributed by atoms with Crippen molar-refractivity contribution in [3.63, 3.8) is 0 Å². The van der Waals surface area contributed by atoms with Gasteiger partial charge in [0.15, 0.2) is 26.9 Å². The van der Waals surface area contributed by atoms with E-state index in [4.69, 9.17) is 15.9 Å². The van der Waals surface area contributed by atoms with Crippen LogP contribution in [0.25, 0.3) is 0 Å². The third-order valence-electron chi connectivity index (χ3n) is 4.65. The Balaban J connectivity index is 1.48. The highest BCUT2D eigenvalue weighted by molar-refractivity contribution is 7.97. The Bertz CT molecular complexity index is 964. The van der Waals surface area contributed by atoms with E-state index in [0.717, 1.165) is 12.8 Å². The summed E-state index contributed by atoms with van der Waals surface area (Å²) in [6, 6.07) is 28.8. The van der Waals surface area contributed by atoms with Gasteiger partial charge >= 0.3 is 5.97 Å². The first-order chi connectivity index (χ1) is 14.2. The van der Waals surface area contributed by atoms with E-state index >= 15 is 0 Å². The fraction of sp³-hybridized carbons (Fsp3) is 0.160. The quantitative estimate of drug-likeness (QED) is 0.322. The van der Waals surface area contributed by atoms with Gasteiger partial charge in [0, 0.05) is 12.8 Å². The fourth-order valence-corrected chi connectivity index (χ4v) is 5.06. The first-order valence-electron chi connectivity index (χ1n) is 9.46. The van der Waals surface area contributed by atoms with Gasteiger partial charge in [-0.05, 0) is 48.5 Å². The van der Waals surface area contributed by atoms with Crippen LogP contribution in [0.1, 0.15) is 12.8 Å². The predicted molar refractivity (Wildman–Crippen MR) is 114 cm³/mol. The highest BCUT2D eigenvalue weighted by Gasteiger charge is 2.45. The van der Waals surface area contributed by atoms with E-state index in [9.17, 15) is 4.79 Å². The summed E-state index contributed by atoms with van der Waals surface area (Å²) >= 11 is 0. The summed E-state index contributed by atoms with van der Waals surface area (Å²) in [6.45, 7) is -0.147. The van der Waals surface area contributed by atoms with Crippen molar-refractivity contribution in [1.29, 1.82) is 0 Å². The van der Waals surface area contributed by atoms with Crippen molar-refractivity contribution in [2.45, 2.75) is 33.1 Å². The molecule has 4 rings (SSSR count). The molecule has 3 nitrogen and oxygen atoms in total. The maximum Gasteiger partial charge on any atom is 0.345 e. The summed E-state index contributed by atoms with van der Waals surface area (Å²) in [5.41, 5.74) is -0.690. The topological polar surface area (TPSA) is 35.5 Å². The summed E-state index contributed by atoms with van der Waals surface area (Å²) < 4.78 is 10.9. The van der Waals surface area contributed by atoms with Gasteiger partial charge in [-0.3, -0.25) is 0 Å². The number of carbonyl (C=O) groups excluding carboxylic acids is 1. The van der Waals surface area contributed by atoms with E-state index in [1.807, 2.05) is 36.4 Å². The predicted octanol–water partition coefficient (Wildman–Crippen LogP) is 4.87. The minimum absolute atomic E-state index is 0.147. The first-order valence-corrected chi connectivity index (χ1v) is 10.7. The highest BCUT2D eigenvalue weighted by atomic mass is 32.2. The smallest absolute Gasteiger partial charge is 0.345 e. The molecule has 0 aliphatic heterocycles. The molecule has 0 saturated heterocycles. The van der Waals surface area contributed by atoms with Crippen LogP contribution in [0.5, 0.6) is 5.75 Å². The normalized spacial score (nSPS) is 14.1. The number of ether oxygens (including phenoxy) is 2. The highest BCUT2D eigenvalue weighted by Crippen LogP contribution is 2.38. The van der Waals surface area contributed by atoms with Crippen LogP contribution < -0.4 is 4.74 Å². The van der Waals surface area contributed by atoms with Gasteiger partial charge in [0.25, 0.3) is 0 Å². The second-order valence-electron chi connectivity index (χ2n) is 6.81. The summed E-state index contributed by atoms with van der Waals surface area (Å²) in [5, 5.41) is 0. The lowest BCUT2D eigenvalue weighted by Gasteiger charge is -2.11. The third-order valence-corrected chi connectivity index (χ3v) is 6.88. The largest absolute Gasteiger partial charge is 0.482 e. The van der Waals surface area contributed by atoms with Gasteiger partial charge in [-0.25, -0.2) is 4.79 Å². The van der Waals surface area contributed by atoms with Gasteiger partial charge in [-0.2, -0.15) is 0 Å². The fourth-order valence-electron chi connectivity index (χ4n) is 2.97. The Kier molecular flexibility index (Phi) is 5.59. The monoisotopic (exact) mass is 401 g/mol. The Hall–Kier alpha value is -3.16. The molecule has 1 aliphatic carbocycles. The number of terminal acetylenes is 1. The van der Waals surface area contributed by atoms with Crippen LogP contribution >= 0.6 is 0 Å². The van der Waals surface area contributed by atoms with Crippen LogP contribution in [0.2, 0.25) is 0 Å².